The number of hydrogen-bond donors (Lipinski definition) is 0. The largest absolute Gasteiger partial charge is 0.466 e. The lowest BCUT2D eigenvalue weighted by Gasteiger charge is -2.10. The van der Waals surface area contributed by atoms with Crippen LogP contribution in [0.25, 0.3) is 0 Å². The number of halogens is 3. The van der Waals surface area contributed by atoms with Gasteiger partial charge in [0.1, 0.15) is 9.39 Å². The van der Waals surface area contributed by atoms with E-state index in [1.54, 1.807) is 19.9 Å². The third-order valence-corrected chi connectivity index (χ3v) is 3.20. The molecule has 1 aromatic heterocycles. The van der Waals surface area contributed by atoms with Crippen LogP contribution in [0.4, 0.5) is 8.78 Å². The minimum atomic E-state index is -2.69. The van der Waals surface area contributed by atoms with Gasteiger partial charge in [-0.25, -0.2) is 13.8 Å². The molecular weight excluding hydrogens is 343 g/mol. The van der Waals surface area contributed by atoms with Gasteiger partial charge in [0, 0.05) is 0 Å². The molecule has 0 atom stereocenters. The van der Waals surface area contributed by atoms with Crippen LogP contribution in [0.1, 0.15) is 30.2 Å². The van der Waals surface area contributed by atoms with Gasteiger partial charge in [-0.3, -0.25) is 4.79 Å². The van der Waals surface area contributed by atoms with Crippen LogP contribution in [0.5, 0.6) is 0 Å². The highest BCUT2D eigenvalue weighted by molar-refractivity contribution is 14.1. The topological polar surface area (TPSA) is 39.2 Å². The standard InChI is InChI=1S/C11H12F2INO2/c1-3-17-8(16)5-7-4-6(2)11(14)15-9(7)10(12)13/h4,10H,3,5H2,1-2H3. The van der Waals surface area contributed by atoms with Gasteiger partial charge in [0.05, 0.1) is 13.0 Å². The molecule has 0 spiro atoms. The van der Waals surface area contributed by atoms with Crippen molar-refractivity contribution in [1.82, 2.24) is 4.98 Å². The van der Waals surface area contributed by atoms with Crippen molar-refractivity contribution >= 4 is 28.6 Å². The Morgan fingerprint density at radius 1 is 1.59 bits per heavy atom. The molecule has 0 aliphatic rings. The molecule has 1 aromatic rings. The Labute approximate surface area is 112 Å². The summed E-state index contributed by atoms with van der Waals surface area (Å²) in [6.07, 6.45) is -2.85. The van der Waals surface area contributed by atoms with E-state index in [9.17, 15) is 13.6 Å². The zero-order valence-corrected chi connectivity index (χ0v) is 11.6. The second-order valence-corrected chi connectivity index (χ2v) is 4.44. The number of hydrogen-bond acceptors (Lipinski definition) is 3. The van der Waals surface area contributed by atoms with Crippen LogP contribution in [-0.4, -0.2) is 17.6 Å². The Morgan fingerprint density at radius 3 is 2.76 bits per heavy atom. The molecule has 0 aliphatic carbocycles. The number of rotatable bonds is 4. The average molecular weight is 355 g/mol. The van der Waals surface area contributed by atoms with E-state index >= 15 is 0 Å². The summed E-state index contributed by atoms with van der Waals surface area (Å²) in [6.45, 7) is 3.67. The van der Waals surface area contributed by atoms with Crippen molar-refractivity contribution < 1.29 is 18.3 Å². The molecule has 0 aromatic carbocycles. The fraction of sp³-hybridized carbons (Fsp3) is 0.455. The van der Waals surface area contributed by atoms with Crippen molar-refractivity contribution in [3.63, 3.8) is 0 Å². The molecule has 94 valence electrons. The molecule has 0 saturated heterocycles. The molecule has 0 N–H and O–H groups in total. The highest BCUT2D eigenvalue weighted by Gasteiger charge is 2.19. The van der Waals surface area contributed by atoms with Crippen LogP contribution in [-0.2, 0) is 16.0 Å². The van der Waals surface area contributed by atoms with Crippen molar-refractivity contribution in [3.8, 4) is 0 Å². The molecule has 6 heteroatoms. The molecule has 1 heterocycles. The highest BCUT2D eigenvalue weighted by atomic mass is 127. The number of aryl methyl sites for hydroxylation is 1. The Morgan fingerprint density at radius 2 is 2.24 bits per heavy atom. The van der Waals surface area contributed by atoms with Gasteiger partial charge in [-0.2, -0.15) is 0 Å². The first-order valence-corrected chi connectivity index (χ1v) is 6.13. The van der Waals surface area contributed by atoms with Gasteiger partial charge in [-0.05, 0) is 47.6 Å². The highest BCUT2D eigenvalue weighted by Crippen LogP contribution is 2.24. The number of ether oxygens (including phenoxy) is 1. The summed E-state index contributed by atoms with van der Waals surface area (Å²) < 4.78 is 30.8. The monoisotopic (exact) mass is 355 g/mol. The number of alkyl halides is 2. The van der Waals surface area contributed by atoms with Crippen molar-refractivity contribution in [1.29, 1.82) is 0 Å². The van der Waals surface area contributed by atoms with E-state index in [0.29, 0.717) is 3.70 Å². The molecule has 17 heavy (non-hydrogen) atoms. The van der Waals surface area contributed by atoms with E-state index in [4.69, 9.17) is 4.74 Å². The summed E-state index contributed by atoms with van der Waals surface area (Å²) in [5, 5.41) is 0. The number of carbonyl (C=O) groups is 1. The van der Waals surface area contributed by atoms with Crippen molar-refractivity contribution in [2.75, 3.05) is 6.61 Å². The fourth-order valence-corrected chi connectivity index (χ4v) is 1.77. The van der Waals surface area contributed by atoms with E-state index < -0.39 is 12.4 Å². The molecule has 0 bridgehead atoms. The van der Waals surface area contributed by atoms with Crippen LogP contribution < -0.4 is 0 Å². The summed E-state index contributed by atoms with van der Waals surface area (Å²) in [4.78, 5) is 15.1. The third-order valence-electron chi connectivity index (χ3n) is 2.11. The first-order chi connectivity index (χ1) is 7.95. The SMILES string of the molecule is CCOC(=O)Cc1cc(C)c(I)nc1C(F)F. The third kappa shape index (κ3) is 3.86. The first-order valence-electron chi connectivity index (χ1n) is 5.05. The lowest BCUT2D eigenvalue weighted by molar-refractivity contribution is -0.142. The van der Waals surface area contributed by atoms with Crippen LogP contribution in [0.2, 0.25) is 0 Å². The molecule has 0 unspecified atom stereocenters. The molecule has 0 saturated carbocycles. The summed E-state index contributed by atoms with van der Waals surface area (Å²) >= 11 is 1.89. The quantitative estimate of drug-likeness (QED) is 0.474. The van der Waals surface area contributed by atoms with E-state index in [1.807, 2.05) is 22.6 Å². The molecule has 1 rings (SSSR count). The number of pyridine rings is 1. The van der Waals surface area contributed by atoms with Crippen LogP contribution in [0.3, 0.4) is 0 Å². The zero-order chi connectivity index (χ0) is 13.0. The van der Waals surface area contributed by atoms with Crippen LogP contribution in [0.15, 0.2) is 6.07 Å². The van der Waals surface area contributed by atoms with Crippen molar-refractivity contribution in [2.24, 2.45) is 0 Å². The lowest BCUT2D eigenvalue weighted by atomic mass is 10.1. The van der Waals surface area contributed by atoms with Crippen LogP contribution >= 0.6 is 22.6 Å². The lowest BCUT2D eigenvalue weighted by Crippen LogP contribution is -2.11. The normalized spacial score (nSPS) is 10.7. The summed E-state index contributed by atoms with van der Waals surface area (Å²) in [5.74, 6) is -0.517. The Bertz CT molecular complexity index is 424. The minimum absolute atomic E-state index is 0.168. The summed E-state index contributed by atoms with van der Waals surface area (Å²) in [7, 11) is 0. The van der Waals surface area contributed by atoms with Crippen molar-refractivity contribution in [2.45, 2.75) is 26.7 Å². The maximum absolute atomic E-state index is 12.8. The summed E-state index contributed by atoms with van der Waals surface area (Å²) in [5.41, 5.74) is 0.665. The molecule has 0 aliphatic heterocycles. The van der Waals surface area contributed by atoms with E-state index in [2.05, 4.69) is 4.98 Å². The van der Waals surface area contributed by atoms with Gasteiger partial charge in [-0.1, -0.05) is 6.07 Å². The predicted molar refractivity (Wildman–Crippen MR) is 67.0 cm³/mol. The maximum Gasteiger partial charge on any atom is 0.310 e. The molecule has 0 amide bonds. The zero-order valence-electron chi connectivity index (χ0n) is 9.47. The van der Waals surface area contributed by atoms with E-state index in [1.165, 1.54) is 0 Å². The molecule has 0 fully saturated rings. The Hall–Kier alpha value is -0.790. The van der Waals surface area contributed by atoms with Gasteiger partial charge >= 0.3 is 5.97 Å². The number of nitrogens with zero attached hydrogens (tertiary/aromatic N) is 1. The van der Waals surface area contributed by atoms with Gasteiger partial charge < -0.3 is 4.74 Å². The second kappa shape index (κ2) is 6.23. The molecule has 0 radical (unpaired) electrons. The maximum atomic E-state index is 12.8. The van der Waals surface area contributed by atoms with Gasteiger partial charge in [-0.15, -0.1) is 0 Å². The number of aromatic nitrogens is 1. The minimum Gasteiger partial charge on any atom is -0.466 e. The Kier molecular flexibility index (Phi) is 5.23. The second-order valence-electron chi connectivity index (χ2n) is 3.42. The van der Waals surface area contributed by atoms with E-state index in [0.717, 1.165) is 5.56 Å². The molecular formula is C11H12F2INO2. The van der Waals surface area contributed by atoms with Crippen molar-refractivity contribution in [3.05, 3.63) is 26.6 Å². The summed E-state index contributed by atoms with van der Waals surface area (Å²) in [6, 6.07) is 1.56. The number of carbonyl (C=O) groups excluding carboxylic acids is 1. The predicted octanol–water partition coefficient (Wildman–Crippen LogP) is 3.04. The fourth-order valence-electron chi connectivity index (χ4n) is 1.36. The molecule has 3 nitrogen and oxygen atoms in total. The van der Waals surface area contributed by atoms with Gasteiger partial charge in [0.2, 0.25) is 0 Å². The smallest absolute Gasteiger partial charge is 0.310 e. The van der Waals surface area contributed by atoms with Crippen LogP contribution in [0, 0.1) is 10.6 Å². The first kappa shape index (κ1) is 14.3. The average Bonchev–Trinajstić information content (AvgIpc) is 2.23. The van der Waals surface area contributed by atoms with Gasteiger partial charge in [0.25, 0.3) is 6.43 Å². The Balaban J connectivity index is 3.04. The van der Waals surface area contributed by atoms with E-state index in [-0.39, 0.29) is 24.3 Å². The number of esters is 1. The van der Waals surface area contributed by atoms with Gasteiger partial charge in [0.15, 0.2) is 0 Å².